The number of fused-ring (bicyclic) bond motifs is 8. The van der Waals surface area contributed by atoms with E-state index in [9.17, 15) is 0 Å². The number of hydrogen-bond donors (Lipinski definition) is 1. The molecule has 0 saturated heterocycles. The van der Waals surface area contributed by atoms with Gasteiger partial charge in [-0.3, -0.25) is 0 Å². The average molecular weight is 862 g/mol. The molecule has 0 bridgehead atoms. The molecule has 0 fully saturated rings. The van der Waals surface area contributed by atoms with E-state index < -0.39 is 0 Å². The topological polar surface area (TPSA) is 3.24 Å². The van der Waals surface area contributed by atoms with Gasteiger partial charge in [0.05, 0.1) is 11.4 Å². The molecule has 0 spiro atoms. The van der Waals surface area contributed by atoms with Gasteiger partial charge in [-0.25, -0.2) is 0 Å². The fraction of sp³-hybridized carbons (Fsp3) is 0.444. The van der Waals surface area contributed by atoms with E-state index in [2.05, 4.69) is 165 Å². The van der Waals surface area contributed by atoms with E-state index in [1.54, 1.807) is 25.7 Å². The first-order chi connectivity index (χ1) is 28.1. The van der Waals surface area contributed by atoms with Crippen LogP contribution in [0.25, 0.3) is 36.9 Å². The lowest BCUT2D eigenvalue weighted by Gasteiger charge is -2.45. The minimum absolute atomic E-state index is 0.00160. The first-order valence-electron chi connectivity index (χ1n) is 22.5. The molecule has 0 saturated carbocycles. The number of nitrogens with zero attached hydrogens (tertiary/aromatic N) is 1. The minimum atomic E-state index is 0.00160. The zero-order valence-electron chi connectivity index (χ0n) is 37.8. The quantitative estimate of drug-likeness (QED) is 0.137. The maximum absolute atomic E-state index is 5.54. The summed E-state index contributed by atoms with van der Waals surface area (Å²) in [5.74, 6) is 2.72. The molecule has 0 amide bonds. The zero-order chi connectivity index (χ0) is 42.3. The lowest BCUT2D eigenvalue weighted by molar-refractivity contribution is 0.283. The molecule has 6 aromatic rings. The van der Waals surface area contributed by atoms with Crippen LogP contribution in [-0.4, -0.2) is 6.71 Å². The molecule has 60 heavy (non-hydrogen) atoms. The average Bonchev–Trinajstić information content (AvgIpc) is 3.98. The number of allylic oxidation sites excluding steroid dienone is 3. The maximum atomic E-state index is 5.54. The van der Waals surface area contributed by atoms with Gasteiger partial charge in [0.25, 0.3) is 6.71 Å². The SMILES string of the molecule is CC1(C)CCC(C)(C)C(C2=CB3c4sc5c(c4N(c4csc6c4C(C)(C)CCC6(C)C)c4cc(-c6cccc7sc8ccccc8c67)cc2c43)C(C)(C)CCC5(C)C)=C1S. The van der Waals surface area contributed by atoms with Crippen molar-refractivity contribution in [2.75, 3.05) is 4.90 Å². The third-order valence-electron chi connectivity index (χ3n) is 16.0. The highest BCUT2D eigenvalue weighted by Crippen LogP contribution is 2.62. The number of hydrogen-bond acceptors (Lipinski definition) is 5. The normalized spacial score (nSPS) is 22.4. The van der Waals surface area contributed by atoms with Crippen LogP contribution < -0.4 is 15.1 Å². The molecule has 5 aliphatic rings. The first-order valence-corrected chi connectivity index (χ1v) is 25.4. The van der Waals surface area contributed by atoms with Gasteiger partial charge in [-0.2, -0.15) is 11.3 Å². The van der Waals surface area contributed by atoms with Gasteiger partial charge in [0.1, 0.15) is 0 Å². The van der Waals surface area contributed by atoms with Crippen LogP contribution in [0.2, 0.25) is 0 Å². The highest BCUT2D eigenvalue weighted by Gasteiger charge is 2.52. The molecule has 0 radical (unpaired) electrons. The van der Waals surface area contributed by atoms with Gasteiger partial charge in [-0.1, -0.05) is 119 Å². The summed E-state index contributed by atoms with van der Waals surface area (Å²) in [5.41, 5.74) is 16.3. The minimum Gasteiger partial charge on any atom is -0.309 e. The van der Waals surface area contributed by atoms with Crippen molar-refractivity contribution in [3.8, 4) is 11.1 Å². The molecule has 11 rings (SSSR count). The molecule has 6 heteroatoms. The van der Waals surface area contributed by atoms with E-state index in [4.69, 9.17) is 12.6 Å². The van der Waals surface area contributed by atoms with E-state index in [-0.39, 0.29) is 39.2 Å². The third-order valence-corrected chi connectivity index (χ3v) is 20.9. The lowest BCUT2D eigenvalue weighted by atomic mass is 9.43. The number of benzene rings is 3. The Labute approximate surface area is 376 Å². The van der Waals surface area contributed by atoms with Crippen LogP contribution in [-0.2, 0) is 21.7 Å². The summed E-state index contributed by atoms with van der Waals surface area (Å²) in [4.78, 5) is 7.32. The van der Waals surface area contributed by atoms with Gasteiger partial charge in [-0.15, -0.1) is 35.3 Å². The number of thiol groups is 1. The largest absolute Gasteiger partial charge is 0.309 e. The van der Waals surface area contributed by atoms with Gasteiger partial charge in [-0.05, 0) is 145 Å². The standard InChI is InChI=1S/C54H60BNS4/c1-49(2)20-23-52(7,8)45(57)40(49)34-28-55-43-33(34)26-30(31-17-15-19-38-39(31)32-16-13-14-18-37(32)59-38)27-35(43)56(36-29-58-46-41(36)50(3,4)21-24-53(46,9)10)44-42-47(60-48(44)55)54(11,12)25-22-51(42,5)6/h13-19,26-29,57H,20-25H2,1-12H3. The highest BCUT2D eigenvalue weighted by atomic mass is 32.1. The van der Waals surface area contributed by atoms with Gasteiger partial charge >= 0.3 is 0 Å². The number of rotatable bonds is 3. The van der Waals surface area contributed by atoms with Crippen LogP contribution in [0.15, 0.2) is 76.4 Å². The van der Waals surface area contributed by atoms with Crippen LogP contribution >= 0.6 is 46.6 Å². The van der Waals surface area contributed by atoms with Gasteiger partial charge < -0.3 is 4.90 Å². The predicted octanol–water partition coefficient (Wildman–Crippen LogP) is 15.9. The van der Waals surface area contributed by atoms with E-state index >= 15 is 0 Å². The molecule has 3 aromatic heterocycles. The Balaban J connectivity index is 1.30. The smallest absolute Gasteiger partial charge is 0.253 e. The Hall–Kier alpha value is -3.03. The Morgan fingerprint density at radius 2 is 1.23 bits per heavy atom. The zero-order valence-corrected chi connectivity index (χ0v) is 41.1. The van der Waals surface area contributed by atoms with E-state index in [0.717, 1.165) is 12.8 Å². The molecule has 0 N–H and O–H groups in total. The number of anilines is 3. The molecule has 1 nitrogen and oxygen atoms in total. The van der Waals surface area contributed by atoms with E-state index in [1.807, 2.05) is 22.7 Å². The molecular weight excluding hydrogens is 802 g/mol. The van der Waals surface area contributed by atoms with Crippen LogP contribution in [0, 0.1) is 10.8 Å². The summed E-state index contributed by atoms with van der Waals surface area (Å²) in [7, 11) is 0. The van der Waals surface area contributed by atoms with Crippen molar-refractivity contribution in [3.05, 3.63) is 103 Å². The first kappa shape index (κ1) is 39.8. The summed E-state index contributed by atoms with van der Waals surface area (Å²) >= 11 is 11.6. The number of thiophene rings is 3. The van der Waals surface area contributed by atoms with Crippen molar-refractivity contribution >= 4 is 106 Å². The summed E-state index contributed by atoms with van der Waals surface area (Å²) in [6, 6.07) is 21.3. The second kappa shape index (κ2) is 12.6. The van der Waals surface area contributed by atoms with Crippen molar-refractivity contribution in [2.24, 2.45) is 10.8 Å². The predicted molar refractivity (Wildman–Crippen MR) is 272 cm³/mol. The maximum Gasteiger partial charge on any atom is 0.253 e. The van der Waals surface area contributed by atoms with E-state index in [0.29, 0.717) is 0 Å². The van der Waals surface area contributed by atoms with Crippen LogP contribution in [0.4, 0.5) is 17.1 Å². The molecule has 308 valence electrons. The molecular formula is C54H60BNS4. The fourth-order valence-corrected chi connectivity index (χ4v) is 16.8. The van der Waals surface area contributed by atoms with Crippen molar-refractivity contribution in [1.82, 2.24) is 0 Å². The van der Waals surface area contributed by atoms with Crippen molar-refractivity contribution in [2.45, 2.75) is 143 Å². The fourth-order valence-electron chi connectivity index (χ4n) is 12.1. The molecule has 3 aromatic carbocycles. The van der Waals surface area contributed by atoms with Gasteiger partial charge in [0, 0.05) is 45.8 Å². The van der Waals surface area contributed by atoms with E-state index in [1.165, 1.54) is 101 Å². The van der Waals surface area contributed by atoms with Crippen molar-refractivity contribution in [3.63, 3.8) is 0 Å². The van der Waals surface area contributed by atoms with Gasteiger partial charge in [0.15, 0.2) is 0 Å². The van der Waals surface area contributed by atoms with Gasteiger partial charge in [0.2, 0.25) is 0 Å². The highest BCUT2D eigenvalue weighted by molar-refractivity contribution is 7.84. The Morgan fingerprint density at radius 3 is 1.98 bits per heavy atom. The third kappa shape index (κ3) is 5.42. The molecule has 0 unspecified atom stereocenters. The second-order valence-electron chi connectivity index (χ2n) is 23.0. The van der Waals surface area contributed by atoms with Crippen LogP contribution in [0.5, 0.6) is 0 Å². The van der Waals surface area contributed by atoms with Crippen molar-refractivity contribution in [1.29, 1.82) is 0 Å². The summed E-state index contributed by atoms with van der Waals surface area (Å²) in [5, 5.41) is 5.32. The molecule has 0 atom stereocenters. The Bertz CT molecular complexity index is 2910. The van der Waals surface area contributed by atoms with Crippen molar-refractivity contribution < 1.29 is 0 Å². The Kier molecular flexibility index (Phi) is 8.34. The lowest BCUT2D eigenvalue weighted by Crippen LogP contribution is -2.48. The summed E-state index contributed by atoms with van der Waals surface area (Å²) in [6.45, 7) is 30.2. The second-order valence-corrected chi connectivity index (χ2v) is 26.5. The van der Waals surface area contributed by atoms with Crippen LogP contribution in [0.1, 0.15) is 148 Å². The monoisotopic (exact) mass is 861 g/mol. The summed E-state index contributed by atoms with van der Waals surface area (Å²) in [6.07, 6.45) is 7.14. The van der Waals surface area contributed by atoms with Crippen LogP contribution in [0.3, 0.4) is 0 Å². The molecule has 2 aliphatic heterocycles. The molecule has 5 heterocycles. The Morgan fingerprint density at radius 1 is 0.600 bits per heavy atom. The molecule has 3 aliphatic carbocycles. The summed E-state index contributed by atoms with van der Waals surface area (Å²) < 4.78 is 4.26.